The lowest BCUT2D eigenvalue weighted by Gasteiger charge is -2.17. The van der Waals surface area contributed by atoms with E-state index in [4.69, 9.17) is 11.6 Å². The van der Waals surface area contributed by atoms with E-state index in [-0.39, 0.29) is 11.3 Å². The molecule has 96 valence electrons. The minimum atomic E-state index is -0.0500. The Bertz CT molecular complexity index is 677. The van der Waals surface area contributed by atoms with Crippen molar-refractivity contribution in [1.82, 2.24) is 4.98 Å². The molecule has 3 aromatic rings. The Balaban J connectivity index is 1.98. The van der Waals surface area contributed by atoms with Crippen LogP contribution in [0, 0.1) is 0 Å². The third-order valence-corrected chi connectivity index (χ3v) is 5.00. The van der Waals surface area contributed by atoms with Crippen LogP contribution in [0.15, 0.2) is 54.0 Å². The first-order chi connectivity index (χ1) is 9.27. The zero-order valence-electron chi connectivity index (χ0n) is 10.6. The van der Waals surface area contributed by atoms with Gasteiger partial charge in [0.25, 0.3) is 0 Å². The lowest BCUT2D eigenvalue weighted by atomic mass is 9.96. The Labute approximate surface area is 121 Å². The first-order valence-corrected chi connectivity index (χ1v) is 7.60. The summed E-state index contributed by atoms with van der Waals surface area (Å²) in [5, 5.41) is 3.38. The molecule has 3 heteroatoms. The van der Waals surface area contributed by atoms with Gasteiger partial charge in [0.1, 0.15) is 0 Å². The minimum Gasteiger partial charge on any atom is -0.261 e. The Morgan fingerprint density at radius 2 is 1.89 bits per heavy atom. The largest absolute Gasteiger partial charge is 0.261 e. The van der Waals surface area contributed by atoms with E-state index in [2.05, 4.69) is 41.6 Å². The van der Waals surface area contributed by atoms with Gasteiger partial charge in [-0.1, -0.05) is 31.2 Å². The molecule has 0 aliphatic carbocycles. The van der Waals surface area contributed by atoms with Crippen molar-refractivity contribution in [2.45, 2.75) is 18.2 Å². The molecular formula is C16H14ClNS. The van der Waals surface area contributed by atoms with Crippen LogP contribution < -0.4 is 0 Å². The third-order valence-electron chi connectivity index (χ3n) is 3.40. The highest BCUT2D eigenvalue weighted by molar-refractivity contribution is 7.17. The number of halogens is 1. The number of aromatic nitrogens is 1. The molecule has 0 N–H and O–H groups in total. The fraction of sp³-hybridized carbons (Fsp3) is 0.188. The van der Waals surface area contributed by atoms with Crippen molar-refractivity contribution in [3.05, 3.63) is 65.3 Å². The van der Waals surface area contributed by atoms with E-state index in [1.165, 1.54) is 15.6 Å². The quantitative estimate of drug-likeness (QED) is 0.589. The number of pyridine rings is 1. The van der Waals surface area contributed by atoms with Gasteiger partial charge < -0.3 is 0 Å². The molecule has 0 saturated heterocycles. The first kappa shape index (κ1) is 12.6. The van der Waals surface area contributed by atoms with Crippen molar-refractivity contribution in [3.63, 3.8) is 0 Å². The van der Waals surface area contributed by atoms with E-state index in [0.29, 0.717) is 0 Å². The standard InChI is InChI=1S/C16H14ClNS/c1-11(14-7-4-5-9-18-14)16(17)13-10-19-15-8-3-2-6-12(13)15/h2-11,16H,1H3. The number of alkyl halides is 1. The van der Waals surface area contributed by atoms with Gasteiger partial charge in [-0.15, -0.1) is 22.9 Å². The smallest absolute Gasteiger partial charge is 0.0680 e. The Hall–Kier alpha value is -1.38. The lowest BCUT2D eigenvalue weighted by molar-refractivity contribution is 0.711. The second-order valence-corrected chi connectivity index (χ2v) is 6.01. The van der Waals surface area contributed by atoms with Crippen LogP contribution in [0.5, 0.6) is 0 Å². The maximum absolute atomic E-state index is 6.68. The molecule has 2 aromatic heterocycles. The van der Waals surface area contributed by atoms with Crippen molar-refractivity contribution in [2.75, 3.05) is 0 Å². The summed E-state index contributed by atoms with van der Waals surface area (Å²) in [5.41, 5.74) is 2.25. The monoisotopic (exact) mass is 287 g/mol. The number of hydrogen-bond acceptors (Lipinski definition) is 2. The summed E-state index contributed by atoms with van der Waals surface area (Å²) in [6.45, 7) is 2.13. The summed E-state index contributed by atoms with van der Waals surface area (Å²) < 4.78 is 1.29. The van der Waals surface area contributed by atoms with Gasteiger partial charge in [-0.05, 0) is 34.5 Å². The van der Waals surface area contributed by atoms with Crippen LogP contribution in [0.25, 0.3) is 10.1 Å². The summed E-state index contributed by atoms with van der Waals surface area (Å²) in [4.78, 5) is 4.41. The molecule has 3 rings (SSSR count). The van der Waals surface area contributed by atoms with Crippen LogP contribution in [-0.4, -0.2) is 4.98 Å². The van der Waals surface area contributed by atoms with Crippen molar-refractivity contribution >= 4 is 33.0 Å². The highest BCUT2D eigenvalue weighted by Crippen LogP contribution is 2.40. The molecule has 19 heavy (non-hydrogen) atoms. The molecule has 0 saturated carbocycles. The van der Waals surface area contributed by atoms with Crippen molar-refractivity contribution < 1.29 is 0 Å². The molecule has 2 atom stereocenters. The van der Waals surface area contributed by atoms with E-state index in [9.17, 15) is 0 Å². The molecule has 1 nitrogen and oxygen atoms in total. The normalized spacial score (nSPS) is 14.4. The molecule has 0 aliphatic heterocycles. The van der Waals surface area contributed by atoms with Crippen LogP contribution >= 0.6 is 22.9 Å². The molecule has 0 spiro atoms. The number of fused-ring (bicyclic) bond motifs is 1. The predicted molar refractivity (Wildman–Crippen MR) is 83.1 cm³/mol. The maximum Gasteiger partial charge on any atom is 0.0680 e. The number of thiophene rings is 1. The lowest BCUT2D eigenvalue weighted by Crippen LogP contribution is -2.03. The fourth-order valence-electron chi connectivity index (χ4n) is 2.28. The van der Waals surface area contributed by atoms with E-state index in [0.717, 1.165) is 5.69 Å². The van der Waals surface area contributed by atoms with Crippen molar-refractivity contribution in [1.29, 1.82) is 0 Å². The topological polar surface area (TPSA) is 12.9 Å². The SMILES string of the molecule is CC(c1ccccn1)C(Cl)c1csc2ccccc12. The molecule has 0 bridgehead atoms. The first-order valence-electron chi connectivity index (χ1n) is 6.28. The molecule has 0 radical (unpaired) electrons. The Morgan fingerprint density at radius 3 is 2.68 bits per heavy atom. The van der Waals surface area contributed by atoms with Gasteiger partial charge in [-0.2, -0.15) is 0 Å². The number of benzene rings is 1. The molecular weight excluding hydrogens is 274 g/mol. The second-order valence-electron chi connectivity index (χ2n) is 4.63. The zero-order valence-corrected chi connectivity index (χ0v) is 12.2. The fourth-order valence-corrected chi connectivity index (χ4v) is 3.66. The van der Waals surface area contributed by atoms with Crippen LogP contribution in [0.3, 0.4) is 0 Å². The Kier molecular flexibility index (Phi) is 3.54. The van der Waals surface area contributed by atoms with Crippen LogP contribution in [0.2, 0.25) is 0 Å². The van der Waals surface area contributed by atoms with E-state index >= 15 is 0 Å². The summed E-state index contributed by atoms with van der Waals surface area (Å²) in [7, 11) is 0. The van der Waals surface area contributed by atoms with Gasteiger partial charge in [0, 0.05) is 22.5 Å². The van der Waals surface area contributed by atoms with Gasteiger partial charge in [0.15, 0.2) is 0 Å². The minimum absolute atomic E-state index is 0.0500. The summed E-state index contributed by atoms with van der Waals surface area (Å²) in [6.07, 6.45) is 1.82. The van der Waals surface area contributed by atoms with Gasteiger partial charge in [-0.3, -0.25) is 4.98 Å². The maximum atomic E-state index is 6.68. The van der Waals surface area contributed by atoms with E-state index < -0.39 is 0 Å². The van der Waals surface area contributed by atoms with Crippen LogP contribution in [-0.2, 0) is 0 Å². The van der Waals surface area contributed by atoms with Crippen LogP contribution in [0.1, 0.15) is 29.5 Å². The van der Waals surface area contributed by atoms with E-state index in [1.54, 1.807) is 11.3 Å². The van der Waals surface area contributed by atoms with Gasteiger partial charge in [-0.25, -0.2) is 0 Å². The van der Waals surface area contributed by atoms with E-state index in [1.807, 2.05) is 24.4 Å². The number of hydrogen-bond donors (Lipinski definition) is 0. The number of nitrogens with zero attached hydrogens (tertiary/aromatic N) is 1. The van der Waals surface area contributed by atoms with Crippen LogP contribution in [0.4, 0.5) is 0 Å². The average molecular weight is 288 g/mol. The average Bonchev–Trinajstić information content (AvgIpc) is 2.90. The highest BCUT2D eigenvalue weighted by Gasteiger charge is 2.22. The predicted octanol–water partition coefficient (Wildman–Crippen LogP) is 5.38. The molecule has 2 unspecified atom stereocenters. The van der Waals surface area contributed by atoms with Gasteiger partial charge in [0.2, 0.25) is 0 Å². The Morgan fingerprint density at radius 1 is 1.11 bits per heavy atom. The van der Waals surface area contributed by atoms with Gasteiger partial charge >= 0.3 is 0 Å². The molecule has 1 aromatic carbocycles. The summed E-state index contributed by atoms with van der Waals surface area (Å²) in [5.74, 6) is 0.195. The molecule has 2 heterocycles. The van der Waals surface area contributed by atoms with Gasteiger partial charge in [0.05, 0.1) is 5.38 Å². The molecule has 0 fully saturated rings. The van der Waals surface area contributed by atoms with Crippen molar-refractivity contribution in [3.8, 4) is 0 Å². The van der Waals surface area contributed by atoms with Crippen molar-refractivity contribution in [2.24, 2.45) is 0 Å². The summed E-state index contributed by atoms with van der Waals surface area (Å²) >= 11 is 8.43. The summed E-state index contributed by atoms with van der Waals surface area (Å²) in [6, 6.07) is 14.4. The zero-order chi connectivity index (χ0) is 13.2. The third kappa shape index (κ3) is 2.38. The second kappa shape index (κ2) is 5.32. The number of rotatable bonds is 3. The highest BCUT2D eigenvalue weighted by atomic mass is 35.5. The molecule has 0 aliphatic rings. The molecule has 0 amide bonds.